The van der Waals surface area contributed by atoms with Crippen LogP contribution in [0.25, 0.3) is 0 Å². The first kappa shape index (κ1) is 20.8. The van der Waals surface area contributed by atoms with Gasteiger partial charge in [0.1, 0.15) is 0 Å². The predicted molar refractivity (Wildman–Crippen MR) is 97.4 cm³/mol. The second-order valence-corrected chi connectivity index (χ2v) is 6.21. The minimum absolute atomic E-state index is 0.143. The number of hydrogen-bond donors (Lipinski definition) is 1. The quantitative estimate of drug-likeness (QED) is 0.783. The average Bonchev–Trinajstić information content (AvgIpc) is 2.60. The van der Waals surface area contributed by atoms with Gasteiger partial charge in [-0.3, -0.25) is 9.59 Å². The fourth-order valence-electron chi connectivity index (χ4n) is 2.53. The van der Waals surface area contributed by atoms with Crippen LogP contribution in [0.5, 0.6) is 0 Å². The molecule has 0 saturated carbocycles. The number of amides is 2. The second-order valence-electron chi connectivity index (χ2n) is 5.80. The van der Waals surface area contributed by atoms with Gasteiger partial charge in [-0.05, 0) is 23.8 Å². The number of rotatable bonds is 6. The molecule has 0 saturated heterocycles. The summed E-state index contributed by atoms with van der Waals surface area (Å²) in [4.78, 5) is 24.9. The van der Waals surface area contributed by atoms with E-state index in [-0.39, 0.29) is 25.2 Å². The lowest BCUT2D eigenvalue weighted by Crippen LogP contribution is -2.35. The summed E-state index contributed by atoms with van der Waals surface area (Å²) in [6.45, 7) is 1.18. The molecule has 0 spiro atoms. The van der Waals surface area contributed by atoms with Crippen LogP contribution in [-0.4, -0.2) is 18.4 Å². The van der Waals surface area contributed by atoms with Crippen LogP contribution < -0.4 is 10.2 Å². The minimum atomic E-state index is -4.60. The molecule has 2 aromatic rings. The predicted octanol–water partition coefficient (Wildman–Crippen LogP) is 4.42. The number of para-hydroxylation sites is 1. The minimum Gasteiger partial charge on any atom is -0.352 e. The zero-order valence-corrected chi connectivity index (χ0v) is 15.3. The molecule has 0 aliphatic heterocycles. The fraction of sp³-hybridized carbons (Fsp3) is 0.263. The van der Waals surface area contributed by atoms with Gasteiger partial charge < -0.3 is 10.2 Å². The molecule has 0 heterocycles. The number of nitrogens with zero attached hydrogens (tertiary/aromatic N) is 1. The molecule has 0 aromatic heterocycles. The Kier molecular flexibility index (Phi) is 6.85. The SMILES string of the molecule is CC(=O)N(CCC(=O)NCc1ccccc1Cl)c1ccccc1C(F)(F)F. The molecule has 144 valence electrons. The van der Waals surface area contributed by atoms with Crippen molar-refractivity contribution in [2.24, 2.45) is 0 Å². The molecule has 0 aliphatic rings. The van der Waals surface area contributed by atoms with Crippen molar-refractivity contribution < 1.29 is 22.8 Å². The van der Waals surface area contributed by atoms with Crippen molar-refractivity contribution in [2.45, 2.75) is 26.1 Å². The Morgan fingerprint density at radius 1 is 1.07 bits per heavy atom. The Morgan fingerprint density at radius 3 is 2.33 bits per heavy atom. The third-order valence-corrected chi connectivity index (χ3v) is 4.25. The molecule has 0 aliphatic carbocycles. The van der Waals surface area contributed by atoms with Crippen molar-refractivity contribution in [2.75, 3.05) is 11.4 Å². The van der Waals surface area contributed by atoms with E-state index in [1.54, 1.807) is 24.3 Å². The van der Waals surface area contributed by atoms with Crippen molar-refractivity contribution in [1.82, 2.24) is 5.32 Å². The summed E-state index contributed by atoms with van der Waals surface area (Å²) in [6, 6.07) is 11.8. The van der Waals surface area contributed by atoms with Crippen molar-refractivity contribution in [3.63, 3.8) is 0 Å². The lowest BCUT2D eigenvalue weighted by molar-refractivity contribution is -0.137. The van der Waals surface area contributed by atoms with Gasteiger partial charge in [-0.15, -0.1) is 0 Å². The molecule has 2 aromatic carbocycles. The number of halogens is 4. The molecule has 0 fully saturated rings. The zero-order valence-electron chi connectivity index (χ0n) is 14.5. The van der Waals surface area contributed by atoms with Crippen LogP contribution in [0.2, 0.25) is 5.02 Å². The van der Waals surface area contributed by atoms with E-state index in [0.29, 0.717) is 5.02 Å². The molecule has 2 amide bonds. The van der Waals surface area contributed by atoms with E-state index in [0.717, 1.165) is 23.5 Å². The average molecular weight is 399 g/mol. The molecule has 0 atom stereocenters. The smallest absolute Gasteiger partial charge is 0.352 e. The topological polar surface area (TPSA) is 49.4 Å². The number of hydrogen-bond acceptors (Lipinski definition) is 2. The molecule has 0 radical (unpaired) electrons. The van der Waals surface area contributed by atoms with Crippen LogP contribution in [0.3, 0.4) is 0 Å². The van der Waals surface area contributed by atoms with Gasteiger partial charge in [0.25, 0.3) is 0 Å². The van der Waals surface area contributed by atoms with E-state index < -0.39 is 23.6 Å². The highest BCUT2D eigenvalue weighted by atomic mass is 35.5. The number of anilines is 1. The first-order valence-corrected chi connectivity index (χ1v) is 8.52. The van der Waals surface area contributed by atoms with Crippen LogP contribution in [-0.2, 0) is 22.3 Å². The summed E-state index contributed by atoms with van der Waals surface area (Å²) in [5.74, 6) is -0.976. The van der Waals surface area contributed by atoms with E-state index in [9.17, 15) is 22.8 Å². The number of benzene rings is 2. The van der Waals surface area contributed by atoms with Crippen molar-refractivity contribution >= 4 is 29.1 Å². The molecular weight excluding hydrogens is 381 g/mol. The largest absolute Gasteiger partial charge is 0.418 e. The Hall–Kier alpha value is -2.54. The second kappa shape index (κ2) is 8.90. The van der Waals surface area contributed by atoms with E-state index >= 15 is 0 Å². The number of carbonyl (C=O) groups is 2. The number of carbonyl (C=O) groups excluding carboxylic acids is 2. The Morgan fingerprint density at radius 2 is 1.70 bits per heavy atom. The van der Waals surface area contributed by atoms with Gasteiger partial charge in [0.15, 0.2) is 0 Å². The standard InChI is InChI=1S/C19H18ClF3N2O2/c1-13(26)25(17-9-5-3-7-15(17)19(21,22)23)11-10-18(27)24-12-14-6-2-4-8-16(14)20/h2-9H,10-12H2,1H3,(H,24,27). The molecule has 4 nitrogen and oxygen atoms in total. The van der Waals surface area contributed by atoms with Crippen LogP contribution in [0, 0.1) is 0 Å². The summed E-state index contributed by atoms with van der Waals surface area (Å²) in [6.07, 6.45) is -4.74. The maximum atomic E-state index is 13.2. The van der Waals surface area contributed by atoms with Gasteiger partial charge in [0.2, 0.25) is 11.8 Å². The fourth-order valence-corrected chi connectivity index (χ4v) is 2.74. The van der Waals surface area contributed by atoms with Crippen molar-refractivity contribution in [3.8, 4) is 0 Å². The molecule has 0 bridgehead atoms. The molecule has 8 heteroatoms. The first-order valence-electron chi connectivity index (χ1n) is 8.14. The first-order chi connectivity index (χ1) is 12.7. The van der Waals surface area contributed by atoms with Gasteiger partial charge in [-0.1, -0.05) is 41.9 Å². The normalized spacial score (nSPS) is 11.1. The van der Waals surface area contributed by atoms with Gasteiger partial charge >= 0.3 is 6.18 Å². The highest BCUT2D eigenvalue weighted by Gasteiger charge is 2.35. The van der Waals surface area contributed by atoms with E-state index in [4.69, 9.17) is 11.6 Å². The molecular formula is C19H18ClF3N2O2. The summed E-state index contributed by atoms with van der Waals surface area (Å²) < 4.78 is 39.6. The van der Waals surface area contributed by atoms with E-state index in [2.05, 4.69) is 5.32 Å². The van der Waals surface area contributed by atoms with Crippen molar-refractivity contribution in [3.05, 3.63) is 64.7 Å². The highest BCUT2D eigenvalue weighted by Crippen LogP contribution is 2.36. The number of alkyl halides is 3. The van der Waals surface area contributed by atoms with E-state index in [1.165, 1.54) is 18.2 Å². The van der Waals surface area contributed by atoms with Crippen LogP contribution >= 0.6 is 11.6 Å². The maximum absolute atomic E-state index is 13.2. The lowest BCUT2D eigenvalue weighted by Gasteiger charge is -2.24. The summed E-state index contributed by atoms with van der Waals surface area (Å²) in [7, 11) is 0. The molecule has 27 heavy (non-hydrogen) atoms. The van der Waals surface area contributed by atoms with Gasteiger partial charge in [-0.2, -0.15) is 13.2 Å². The van der Waals surface area contributed by atoms with Gasteiger partial charge in [0.05, 0.1) is 11.3 Å². The molecule has 1 N–H and O–H groups in total. The van der Waals surface area contributed by atoms with Gasteiger partial charge in [0, 0.05) is 31.5 Å². The van der Waals surface area contributed by atoms with Crippen molar-refractivity contribution in [1.29, 1.82) is 0 Å². The third-order valence-electron chi connectivity index (χ3n) is 3.88. The Balaban J connectivity index is 2.04. The Labute approximate surface area is 159 Å². The summed E-state index contributed by atoms with van der Waals surface area (Å²) >= 11 is 6.01. The third kappa shape index (κ3) is 5.72. The Bertz CT molecular complexity index is 825. The molecule has 0 unspecified atom stereocenters. The zero-order chi connectivity index (χ0) is 20.0. The highest BCUT2D eigenvalue weighted by molar-refractivity contribution is 6.31. The van der Waals surface area contributed by atoms with Crippen LogP contribution in [0.4, 0.5) is 18.9 Å². The lowest BCUT2D eigenvalue weighted by atomic mass is 10.1. The summed E-state index contributed by atoms with van der Waals surface area (Å²) in [5, 5.41) is 3.15. The maximum Gasteiger partial charge on any atom is 0.418 e. The van der Waals surface area contributed by atoms with Gasteiger partial charge in [-0.25, -0.2) is 0 Å². The number of nitrogens with one attached hydrogen (secondary N) is 1. The van der Waals surface area contributed by atoms with E-state index in [1.807, 2.05) is 0 Å². The summed E-state index contributed by atoms with van der Waals surface area (Å²) in [5.41, 5.74) is -0.466. The van der Waals surface area contributed by atoms with Crippen LogP contribution in [0.15, 0.2) is 48.5 Å². The molecule has 2 rings (SSSR count). The monoisotopic (exact) mass is 398 g/mol. The van der Waals surface area contributed by atoms with Crippen LogP contribution in [0.1, 0.15) is 24.5 Å².